The molecule has 2 rings (SSSR count). The number of aliphatic hydroxyl groups is 1. The molecule has 6 nitrogen and oxygen atoms in total. The summed E-state index contributed by atoms with van der Waals surface area (Å²) in [7, 11) is 0. The van der Waals surface area contributed by atoms with Crippen molar-refractivity contribution in [1.82, 2.24) is 15.2 Å². The van der Waals surface area contributed by atoms with E-state index in [1.807, 2.05) is 23.2 Å². The summed E-state index contributed by atoms with van der Waals surface area (Å²) in [4.78, 5) is 21.0. The van der Waals surface area contributed by atoms with Crippen molar-refractivity contribution in [2.24, 2.45) is 0 Å². The number of carbonyl (C=O) groups excluding carboxylic acids is 1. The number of hydrogen-bond acceptors (Lipinski definition) is 4. The molecule has 1 unspecified atom stereocenters. The van der Waals surface area contributed by atoms with Crippen molar-refractivity contribution in [1.29, 1.82) is 0 Å². The predicted molar refractivity (Wildman–Crippen MR) is 96.1 cm³/mol. The average Bonchev–Trinajstić information content (AvgIpc) is 2.62. The maximum absolute atomic E-state index is 12.4. The number of aromatic nitrogens is 1. The van der Waals surface area contributed by atoms with Crippen LogP contribution in [0.3, 0.4) is 0 Å². The van der Waals surface area contributed by atoms with Gasteiger partial charge in [0.1, 0.15) is 5.82 Å². The topological polar surface area (TPSA) is 68.7 Å². The van der Waals surface area contributed by atoms with Crippen LogP contribution in [0.5, 0.6) is 0 Å². The highest BCUT2D eigenvalue weighted by molar-refractivity contribution is 5.74. The minimum Gasteiger partial charge on any atom is -0.396 e. The summed E-state index contributed by atoms with van der Waals surface area (Å²) in [5.74, 6) is 0.967. The molecule has 1 aliphatic rings. The van der Waals surface area contributed by atoms with E-state index in [0.717, 1.165) is 50.3 Å². The van der Waals surface area contributed by atoms with Crippen LogP contribution in [0.25, 0.3) is 0 Å². The van der Waals surface area contributed by atoms with Crippen LogP contribution in [0.4, 0.5) is 10.6 Å². The molecular weight excluding hydrogens is 304 g/mol. The number of nitrogens with zero attached hydrogens (tertiary/aromatic N) is 3. The lowest BCUT2D eigenvalue weighted by Gasteiger charge is -2.35. The minimum absolute atomic E-state index is 0.0408. The van der Waals surface area contributed by atoms with Gasteiger partial charge in [-0.1, -0.05) is 6.07 Å². The Morgan fingerprint density at radius 1 is 1.38 bits per heavy atom. The van der Waals surface area contributed by atoms with E-state index in [0.29, 0.717) is 13.0 Å². The van der Waals surface area contributed by atoms with Crippen molar-refractivity contribution in [3.8, 4) is 0 Å². The van der Waals surface area contributed by atoms with Gasteiger partial charge in [0, 0.05) is 45.0 Å². The first-order valence-corrected chi connectivity index (χ1v) is 9.04. The quantitative estimate of drug-likeness (QED) is 0.803. The molecule has 0 aromatic carbocycles. The molecule has 0 radical (unpaired) electrons. The Morgan fingerprint density at radius 3 is 2.79 bits per heavy atom. The molecule has 2 N–H and O–H groups in total. The van der Waals surface area contributed by atoms with Crippen molar-refractivity contribution < 1.29 is 9.90 Å². The number of urea groups is 1. The molecule has 1 aromatic rings. The van der Waals surface area contributed by atoms with Crippen molar-refractivity contribution in [2.75, 3.05) is 31.1 Å². The number of carbonyl (C=O) groups is 1. The number of amides is 2. The molecule has 0 aliphatic carbocycles. The van der Waals surface area contributed by atoms with Crippen LogP contribution >= 0.6 is 0 Å². The largest absolute Gasteiger partial charge is 0.396 e. The van der Waals surface area contributed by atoms with Crippen molar-refractivity contribution in [2.45, 2.75) is 52.1 Å². The molecule has 1 fully saturated rings. The molecule has 2 heterocycles. The van der Waals surface area contributed by atoms with E-state index in [1.165, 1.54) is 0 Å². The van der Waals surface area contributed by atoms with Crippen molar-refractivity contribution >= 4 is 11.8 Å². The Morgan fingerprint density at radius 2 is 2.17 bits per heavy atom. The number of aliphatic hydroxyl groups excluding tert-OH is 1. The number of hydrogen-bond donors (Lipinski definition) is 2. The van der Waals surface area contributed by atoms with Gasteiger partial charge in [-0.25, -0.2) is 9.78 Å². The van der Waals surface area contributed by atoms with Crippen LogP contribution in [0, 0.1) is 0 Å². The van der Waals surface area contributed by atoms with E-state index in [9.17, 15) is 4.79 Å². The number of pyridine rings is 1. The molecular formula is C18H30N4O2. The number of nitrogens with one attached hydrogen (secondary N) is 1. The molecule has 1 aromatic heterocycles. The Bertz CT molecular complexity index is 500. The zero-order valence-electron chi connectivity index (χ0n) is 14.9. The van der Waals surface area contributed by atoms with Gasteiger partial charge in [0.15, 0.2) is 0 Å². The maximum atomic E-state index is 12.4. The van der Waals surface area contributed by atoms with Crippen LogP contribution < -0.4 is 10.2 Å². The first kappa shape index (κ1) is 18.5. The van der Waals surface area contributed by atoms with Gasteiger partial charge in [0.2, 0.25) is 0 Å². The molecule has 1 aliphatic heterocycles. The SMILES string of the molecule is CCN(CC)c1ccc(CNC(=O)N2CCCCC2CCO)cn1. The van der Waals surface area contributed by atoms with Crippen molar-refractivity contribution in [3.05, 3.63) is 23.9 Å². The summed E-state index contributed by atoms with van der Waals surface area (Å²) in [6.45, 7) is 7.47. The van der Waals surface area contributed by atoms with E-state index in [2.05, 4.69) is 29.0 Å². The minimum atomic E-state index is -0.0408. The number of rotatable bonds is 7. The maximum Gasteiger partial charge on any atom is 0.317 e. The molecule has 2 amide bonds. The van der Waals surface area contributed by atoms with Crippen LogP contribution in [-0.4, -0.2) is 53.3 Å². The van der Waals surface area contributed by atoms with Gasteiger partial charge in [-0.15, -0.1) is 0 Å². The molecule has 134 valence electrons. The molecule has 1 saturated heterocycles. The van der Waals surface area contributed by atoms with Crippen LogP contribution in [0.2, 0.25) is 0 Å². The smallest absolute Gasteiger partial charge is 0.317 e. The lowest BCUT2D eigenvalue weighted by Crippen LogP contribution is -2.48. The second-order valence-electron chi connectivity index (χ2n) is 6.21. The summed E-state index contributed by atoms with van der Waals surface area (Å²) in [6, 6.07) is 4.14. The highest BCUT2D eigenvalue weighted by Crippen LogP contribution is 2.19. The summed E-state index contributed by atoms with van der Waals surface area (Å²) in [5, 5.41) is 12.2. The standard InChI is InChI=1S/C18H30N4O2/c1-3-21(4-2)17-9-8-15(13-19-17)14-20-18(24)22-11-6-5-7-16(22)10-12-23/h8-9,13,16,23H,3-7,10-12,14H2,1-2H3,(H,20,24). The zero-order valence-corrected chi connectivity index (χ0v) is 14.9. The van der Waals surface area contributed by atoms with Crippen LogP contribution in [-0.2, 0) is 6.54 Å². The Kier molecular flexibility index (Phi) is 7.31. The summed E-state index contributed by atoms with van der Waals surface area (Å²) < 4.78 is 0. The van der Waals surface area contributed by atoms with E-state index in [-0.39, 0.29) is 18.7 Å². The Balaban J connectivity index is 1.88. The fourth-order valence-corrected chi connectivity index (χ4v) is 3.25. The number of likely N-dealkylation sites (tertiary alicyclic amines) is 1. The van der Waals surface area contributed by atoms with E-state index in [4.69, 9.17) is 5.11 Å². The molecule has 0 spiro atoms. The highest BCUT2D eigenvalue weighted by Gasteiger charge is 2.25. The van der Waals surface area contributed by atoms with Gasteiger partial charge in [0.25, 0.3) is 0 Å². The third kappa shape index (κ3) is 4.84. The molecule has 6 heteroatoms. The van der Waals surface area contributed by atoms with Gasteiger partial charge < -0.3 is 20.2 Å². The fraction of sp³-hybridized carbons (Fsp3) is 0.667. The average molecular weight is 334 g/mol. The lowest BCUT2D eigenvalue weighted by molar-refractivity contribution is 0.131. The highest BCUT2D eigenvalue weighted by atomic mass is 16.3. The first-order valence-electron chi connectivity index (χ1n) is 9.04. The van der Waals surface area contributed by atoms with E-state index >= 15 is 0 Å². The number of anilines is 1. The lowest BCUT2D eigenvalue weighted by atomic mass is 10.0. The van der Waals surface area contributed by atoms with E-state index < -0.39 is 0 Å². The van der Waals surface area contributed by atoms with Gasteiger partial charge >= 0.3 is 6.03 Å². The monoisotopic (exact) mass is 334 g/mol. The fourth-order valence-electron chi connectivity index (χ4n) is 3.25. The second-order valence-corrected chi connectivity index (χ2v) is 6.21. The van der Waals surface area contributed by atoms with Gasteiger partial charge in [-0.05, 0) is 51.2 Å². The van der Waals surface area contributed by atoms with Gasteiger partial charge in [0.05, 0.1) is 0 Å². The third-order valence-electron chi connectivity index (χ3n) is 4.69. The molecule has 0 saturated carbocycles. The Labute approximate surface area is 144 Å². The first-order chi connectivity index (χ1) is 11.7. The Hall–Kier alpha value is -1.82. The predicted octanol–water partition coefficient (Wildman–Crippen LogP) is 2.37. The van der Waals surface area contributed by atoms with Crippen LogP contribution in [0.1, 0.15) is 45.1 Å². The molecule has 24 heavy (non-hydrogen) atoms. The summed E-state index contributed by atoms with van der Waals surface area (Å²) in [5.41, 5.74) is 0.995. The summed E-state index contributed by atoms with van der Waals surface area (Å²) in [6.07, 6.45) is 5.64. The van der Waals surface area contributed by atoms with E-state index in [1.54, 1.807) is 0 Å². The molecule has 1 atom stereocenters. The zero-order chi connectivity index (χ0) is 17.4. The normalized spacial score (nSPS) is 17.6. The van der Waals surface area contributed by atoms with Crippen LogP contribution in [0.15, 0.2) is 18.3 Å². The van der Waals surface area contributed by atoms with Gasteiger partial charge in [-0.3, -0.25) is 0 Å². The third-order valence-corrected chi connectivity index (χ3v) is 4.69. The molecule has 0 bridgehead atoms. The second kappa shape index (κ2) is 9.47. The van der Waals surface area contributed by atoms with Crippen molar-refractivity contribution in [3.63, 3.8) is 0 Å². The van der Waals surface area contributed by atoms with Gasteiger partial charge in [-0.2, -0.15) is 0 Å². The number of piperidine rings is 1. The summed E-state index contributed by atoms with van der Waals surface area (Å²) >= 11 is 0.